The molecule has 0 saturated carbocycles. The summed E-state index contributed by atoms with van der Waals surface area (Å²) in [6.07, 6.45) is 0. The highest BCUT2D eigenvalue weighted by atomic mass is 15.1. The van der Waals surface area contributed by atoms with Crippen LogP contribution in [0.4, 0.5) is 5.82 Å². The third kappa shape index (κ3) is 2.38. The number of pyridine rings is 1. The van der Waals surface area contributed by atoms with E-state index in [2.05, 4.69) is 21.3 Å². The van der Waals surface area contributed by atoms with E-state index in [1.807, 2.05) is 55.8 Å². The lowest BCUT2D eigenvalue weighted by Gasteiger charge is -2.14. The number of hydrogen-bond acceptors (Lipinski definition) is 4. The van der Waals surface area contributed by atoms with Crippen LogP contribution in [0.25, 0.3) is 16.7 Å². The Kier molecular flexibility index (Phi) is 3.70. The smallest absolute Gasteiger partial charge is 0.157 e. The molecule has 5 nitrogen and oxygen atoms in total. The Morgan fingerprint density at radius 3 is 2.82 bits per heavy atom. The molecule has 0 aliphatic carbocycles. The Hall–Kier alpha value is -2.58. The van der Waals surface area contributed by atoms with Crippen molar-refractivity contribution in [1.29, 1.82) is 5.26 Å². The fourth-order valence-corrected chi connectivity index (χ4v) is 2.63. The van der Waals surface area contributed by atoms with E-state index < -0.39 is 0 Å². The van der Waals surface area contributed by atoms with Crippen LogP contribution in [-0.4, -0.2) is 41.5 Å². The summed E-state index contributed by atoms with van der Waals surface area (Å²) in [5.41, 5.74) is 4.21. The van der Waals surface area contributed by atoms with Crippen molar-refractivity contribution in [3.63, 3.8) is 0 Å². The van der Waals surface area contributed by atoms with Crippen LogP contribution in [0, 0.1) is 18.3 Å². The number of anilines is 1. The van der Waals surface area contributed by atoms with Crippen LogP contribution in [-0.2, 0) is 0 Å². The standard InChI is InChI=1S/C17H19N5/c1-12-10-16(19-8-9-21(2)3)22-15-7-5-4-6-14(15)20-17(22)13(12)11-18/h4-7,10,19H,8-9H2,1-3H3. The number of nitrogens with one attached hydrogen (secondary N) is 1. The topological polar surface area (TPSA) is 56.4 Å². The molecule has 0 aliphatic rings. The molecule has 0 fully saturated rings. The van der Waals surface area contributed by atoms with Gasteiger partial charge in [-0.2, -0.15) is 5.26 Å². The molecule has 2 heterocycles. The molecule has 22 heavy (non-hydrogen) atoms. The molecule has 112 valence electrons. The predicted octanol–water partition coefficient (Wildman–Crippen LogP) is 2.64. The normalized spacial score (nSPS) is 11.2. The molecule has 0 aliphatic heterocycles. The summed E-state index contributed by atoms with van der Waals surface area (Å²) in [5.74, 6) is 0.974. The summed E-state index contributed by atoms with van der Waals surface area (Å²) in [6, 6.07) is 12.3. The zero-order valence-electron chi connectivity index (χ0n) is 13.1. The van der Waals surface area contributed by atoms with Crippen molar-refractivity contribution >= 4 is 22.5 Å². The van der Waals surface area contributed by atoms with Gasteiger partial charge in [-0.1, -0.05) is 12.1 Å². The van der Waals surface area contributed by atoms with Gasteiger partial charge in [0.1, 0.15) is 11.9 Å². The molecule has 0 bridgehead atoms. The Bertz CT molecular complexity index is 870. The molecule has 0 unspecified atom stereocenters. The van der Waals surface area contributed by atoms with Crippen LogP contribution in [0.1, 0.15) is 11.1 Å². The van der Waals surface area contributed by atoms with Crippen molar-refractivity contribution in [3.05, 3.63) is 41.5 Å². The molecular formula is C17H19N5. The fraction of sp³-hybridized carbons (Fsp3) is 0.294. The summed E-state index contributed by atoms with van der Waals surface area (Å²) in [4.78, 5) is 6.77. The van der Waals surface area contributed by atoms with Crippen molar-refractivity contribution in [2.45, 2.75) is 6.92 Å². The minimum absolute atomic E-state index is 0.634. The lowest BCUT2D eigenvalue weighted by atomic mass is 10.1. The van der Waals surface area contributed by atoms with E-state index in [-0.39, 0.29) is 0 Å². The number of hydrogen-bond donors (Lipinski definition) is 1. The Labute approximate surface area is 129 Å². The van der Waals surface area contributed by atoms with Gasteiger partial charge < -0.3 is 10.2 Å². The minimum atomic E-state index is 0.634. The molecule has 3 rings (SSSR count). The molecule has 0 radical (unpaired) electrons. The summed E-state index contributed by atoms with van der Waals surface area (Å²) >= 11 is 0. The minimum Gasteiger partial charge on any atom is -0.370 e. The van der Waals surface area contributed by atoms with Gasteiger partial charge >= 0.3 is 0 Å². The highest BCUT2D eigenvalue weighted by Crippen LogP contribution is 2.26. The van der Waals surface area contributed by atoms with Gasteiger partial charge in [0.15, 0.2) is 5.65 Å². The quantitative estimate of drug-likeness (QED) is 0.803. The zero-order valence-corrected chi connectivity index (χ0v) is 13.1. The SMILES string of the molecule is Cc1cc(NCCN(C)C)n2c(nc3ccccc32)c1C#N. The van der Waals surface area contributed by atoms with E-state index in [1.165, 1.54) is 0 Å². The van der Waals surface area contributed by atoms with Crippen molar-refractivity contribution in [1.82, 2.24) is 14.3 Å². The van der Waals surface area contributed by atoms with E-state index in [9.17, 15) is 5.26 Å². The lowest BCUT2D eigenvalue weighted by molar-refractivity contribution is 0.425. The molecule has 1 aromatic carbocycles. The highest BCUT2D eigenvalue weighted by molar-refractivity contribution is 5.85. The van der Waals surface area contributed by atoms with E-state index in [0.717, 1.165) is 41.2 Å². The molecular weight excluding hydrogens is 274 g/mol. The average Bonchev–Trinajstić information content (AvgIpc) is 2.86. The van der Waals surface area contributed by atoms with Gasteiger partial charge in [0.2, 0.25) is 0 Å². The Morgan fingerprint density at radius 2 is 2.09 bits per heavy atom. The first-order valence-electron chi connectivity index (χ1n) is 7.31. The molecule has 3 aromatic rings. The molecule has 0 atom stereocenters. The average molecular weight is 293 g/mol. The maximum atomic E-state index is 9.45. The summed E-state index contributed by atoms with van der Waals surface area (Å²) in [5, 5.41) is 12.9. The first-order chi connectivity index (χ1) is 10.6. The van der Waals surface area contributed by atoms with Crippen LogP contribution in [0.2, 0.25) is 0 Å². The summed E-state index contributed by atoms with van der Waals surface area (Å²) < 4.78 is 2.04. The van der Waals surface area contributed by atoms with Gasteiger partial charge in [0.05, 0.1) is 16.6 Å². The van der Waals surface area contributed by atoms with Gasteiger partial charge in [-0.15, -0.1) is 0 Å². The Morgan fingerprint density at radius 1 is 1.32 bits per heavy atom. The van der Waals surface area contributed by atoms with Crippen LogP contribution in [0.15, 0.2) is 30.3 Å². The molecule has 0 saturated heterocycles. The van der Waals surface area contributed by atoms with E-state index in [4.69, 9.17) is 0 Å². The first kappa shape index (κ1) is 14.4. The fourth-order valence-electron chi connectivity index (χ4n) is 2.63. The van der Waals surface area contributed by atoms with Crippen LogP contribution in [0.5, 0.6) is 0 Å². The number of aryl methyl sites for hydroxylation is 1. The molecule has 5 heteroatoms. The lowest BCUT2D eigenvalue weighted by Crippen LogP contribution is -2.21. The number of imidazole rings is 1. The van der Waals surface area contributed by atoms with Gasteiger partial charge in [-0.3, -0.25) is 4.40 Å². The molecule has 0 spiro atoms. The van der Waals surface area contributed by atoms with Crippen molar-refractivity contribution < 1.29 is 0 Å². The van der Waals surface area contributed by atoms with Gasteiger partial charge in [-0.25, -0.2) is 4.98 Å². The largest absolute Gasteiger partial charge is 0.370 e. The maximum Gasteiger partial charge on any atom is 0.157 e. The number of rotatable bonds is 4. The Balaban J connectivity index is 2.21. The number of fused-ring (bicyclic) bond motifs is 3. The first-order valence-corrected chi connectivity index (χ1v) is 7.31. The third-order valence-electron chi connectivity index (χ3n) is 3.75. The van der Waals surface area contributed by atoms with E-state index in [1.54, 1.807) is 0 Å². The van der Waals surface area contributed by atoms with Gasteiger partial charge in [0.25, 0.3) is 0 Å². The van der Waals surface area contributed by atoms with Gasteiger partial charge in [-0.05, 0) is 44.8 Å². The number of nitriles is 1. The predicted molar refractivity (Wildman–Crippen MR) is 89.2 cm³/mol. The maximum absolute atomic E-state index is 9.45. The second-order valence-corrected chi connectivity index (χ2v) is 5.69. The van der Waals surface area contributed by atoms with Crippen LogP contribution in [0.3, 0.4) is 0 Å². The third-order valence-corrected chi connectivity index (χ3v) is 3.75. The van der Waals surface area contributed by atoms with E-state index >= 15 is 0 Å². The number of likely N-dealkylation sites (N-methyl/N-ethyl adjacent to an activating group) is 1. The van der Waals surface area contributed by atoms with Crippen molar-refractivity contribution in [2.75, 3.05) is 32.5 Å². The molecule has 0 amide bonds. The number of benzene rings is 1. The van der Waals surface area contributed by atoms with Crippen LogP contribution >= 0.6 is 0 Å². The number of aromatic nitrogens is 2. The monoisotopic (exact) mass is 293 g/mol. The van der Waals surface area contributed by atoms with Crippen molar-refractivity contribution in [3.8, 4) is 6.07 Å². The molecule has 1 N–H and O–H groups in total. The summed E-state index contributed by atoms with van der Waals surface area (Å²) in [7, 11) is 4.10. The molecule has 2 aromatic heterocycles. The highest BCUT2D eigenvalue weighted by Gasteiger charge is 2.14. The number of para-hydroxylation sites is 2. The van der Waals surface area contributed by atoms with E-state index in [0.29, 0.717) is 5.56 Å². The second kappa shape index (κ2) is 5.66. The van der Waals surface area contributed by atoms with Crippen molar-refractivity contribution in [2.24, 2.45) is 0 Å². The second-order valence-electron chi connectivity index (χ2n) is 5.69. The zero-order chi connectivity index (χ0) is 15.7. The number of nitrogens with zero attached hydrogens (tertiary/aromatic N) is 4. The summed E-state index contributed by atoms with van der Waals surface area (Å²) in [6.45, 7) is 3.72. The van der Waals surface area contributed by atoms with Crippen LogP contribution < -0.4 is 5.32 Å². The van der Waals surface area contributed by atoms with Gasteiger partial charge in [0, 0.05) is 13.1 Å².